The van der Waals surface area contributed by atoms with Crippen LogP contribution >= 0.6 is 0 Å². The van der Waals surface area contributed by atoms with Crippen molar-refractivity contribution in [3.05, 3.63) is 0 Å². The lowest BCUT2D eigenvalue weighted by molar-refractivity contribution is -0.142. The molecule has 13 heavy (non-hydrogen) atoms. The monoisotopic (exact) mass is 213 g/mol. The zero-order valence-electron chi connectivity index (χ0n) is 6.74. The molecule has 0 N–H and O–H groups in total. The van der Waals surface area contributed by atoms with E-state index >= 15 is 0 Å². The molecular formula is C6H9F2NO3S. The molecule has 0 aromatic carbocycles. The standard InChI is InChI=1S/C6H9F2NO3S/c7-5(8)6(10)9-1-3-13(11,12)4-2-9/h5H,1-4H2. The number of sulfone groups is 1. The van der Waals surface area contributed by atoms with Crippen LogP contribution in [0.3, 0.4) is 0 Å². The van der Waals surface area contributed by atoms with Crippen LogP contribution in [-0.2, 0) is 14.6 Å². The molecule has 0 unspecified atom stereocenters. The van der Waals surface area contributed by atoms with E-state index < -0.39 is 22.2 Å². The van der Waals surface area contributed by atoms with Gasteiger partial charge in [0.25, 0.3) is 5.91 Å². The van der Waals surface area contributed by atoms with Crippen LogP contribution in [0.5, 0.6) is 0 Å². The van der Waals surface area contributed by atoms with Crippen LogP contribution < -0.4 is 0 Å². The van der Waals surface area contributed by atoms with Gasteiger partial charge in [-0.05, 0) is 0 Å². The molecule has 1 saturated heterocycles. The van der Waals surface area contributed by atoms with E-state index in [9.17, 15) is 22.0 Å². The molecule has 0 aromatic rings. The summed E-state index contributed by atoms with van der Waals surface area (Å²) in [4.78, 5) is 11.6. The lowest BCUT2D eigenvalue weighted by Crippen LogP contribution is -2.46. The minimum absolute atomic E-state index is 0.120. The number of carbonyl (C=O) groups is 1. The van der Waals surface area contributed by atoms with Gasteiger partial charge >= 0.3 is 6.43 Å². The maximum Gasteiger partial charge on any atom is 0.315 e. The molecule has 0 saturated carbocycles. The highest BCUT2D eigenvalue weighted by Crippen LogP contribution is 2.07. The van der Waals surface area contributed by atoms with Gasteiger partial charge in [0.1, 0.15) is 0 Å². The third-order valence-corrected chi connectivity index (χ3v) is 3.45. The first-order valence-electron chi connectivity index (χ1n) is 3.70. The maximum absolute atomic E-state index is 11.9. The zero-order valence-corrected chi connectivity index (χ0v) is 7.56. The van der Waals surface area contributed by atoms with Gasteiger partial charge in [-0.2, -0.15) is 8.78 Å². The van der Waals surface area contributed by atoms with Crippen molar-refractivity contribution >= 4 is 15.7 Å². The molecule has 0 spiro atoms. The van der Waals surface area contributed by atoms with Gasteiger partial charge < -0.3 is 4.90 Å². The number of rotatable bonds is 1. The first kappa shape index (κ1) is 10.4. The molecule has 4 nitrogen and oxygen atoms in total. The van der Waals surface area contributed by atoms with Gasteiger partial charge in [-0.25, -0.2) is 8.42 Å². The van der Waals surface area contributed by atoms with Crippen LogP contribution in [-0.4, -0.2) is 50.2 Å². The number of carbonyl (C=O) groups excluding carboxylic acids is 1. The molecule has 0 aromatic heterocycles. The van der Waals surface area contributed by atoms with Crippen molar-refractivity contribution in [2.45, 2.75) is 6.43 Å². The minimum Gasteiger partial charge on any atom is -0.336 e. The van der Waals surface area contributed by atoms with Crippen molar-refractivity contribution < 1.29 is 22.0 Å². The summed E-state index contributed by atoms with van der Waals surface area (Å²) in [6.07, 6.45) is -3.04. The van der Waals surface area contributed by atoms with Crippen LogP contribution in [0.4, 0.5) is 8.78 Å². The highest BCUT2D eigenvalue weighted by molar-refractivity contribution is 7.91. The summed E-state index contributed by atoms with van der Waals surface area (Å²) in [5, 5.41) is 0. The van der Waals surface area contributed by atoms with E-state index in [0.717, 1.165) is 4.90 Å². The molecule has 1 aliphatic rings. The summed E-state index contributed by atoms with van der Waals surface area (Å²) in [5.74, 6) is -1.72. The average molecular weight is 213 g/mol. The van der Waals surface area contributed by atoms with Crippen LogP contribution in [0, 0.1) is 0 Å². The first-order valence-corrected chi connectivity index (χ1v) is 5.52. The van der Waals surface area contributed by atoms with E-state index in [1.165, 1.54) is 0 Å². The number of amides is 1. The Morgan fingerprint density at radius 1 is 1.23 bits per heavy atom. The largest absolute Gasteiger partial charge is 0.336 e. The molecule has 76 valence electrons. The van der Waals surface area contributed by atoms with Crippen molar-refractivity contribution in [3.8, 4) is 0 Å². The van der Waals surface area contributed by atoms with E-state index in [1.54, 1.807) is 0 Å². The Kier molecular flexibility index (Phi) is 2.84. The highest BCUT2D eigenvalue weighted by atomic mass is 32.2. The highest BCUT2D eigenvalue weighted by Gasteiger charge is 2.29. The summed E-state index contributed by atoms with van der Waals surface area (Å²) in [7, 11) is -3.11. The fourth-order valence-electron chi connectivity index (χ4n) is 1.07. The third-order valence-electron chi connectivity index (χ3n) is 1.84. The van der Waals surface area contributed by atoms with Gasteiger partial charge in [0.2, 0.25) is 0 Å². The van der Waals surface area contributed by atoms with E-state index in [1.807, 2.05) is 0 Å². The summed E-state index contributed by atoms with van der Waals surface area (Å²) in [6.45, 7) is -0.239. The van der Waals surface area contributed by atoms with E-state index in [-0.39, 0.29) is 24.6 Å². The Morgan fingerprint density at radius 2 is 1.69 bits per heavy atom. The molecule has 0 bridgehead atoms. The van der Waals surface area contributed by atoms with Crippen LogP contribution in [0.25, 0.3) is 0 Å². The molecule has 1 aliphatic heterocycles. The molecule has 1 fully saturated rings. The number of alkyl halides is 2. The SMILES string of the molecule is O=C(C(F)F)N1CCS(=O)(=O)CC1. The molecule has 0 atom stereocenters. The van der Waals surface area contributed by atoms with Crippen molar-refractivity contribution in [2.75, 3.05) is 24.6 Å². The quantitative estimate of drug-likeness (QED) is 0.590. The Balaban J connectivity index is 2.55. The van der Waals surface area contributed by atoms with Crippen molar-refractivity contribution in [3.63, 3.8) is 0 Å². The third kappa shape index (κ3) is 2.61. The molecule has 7 heteroatoms. The summed E-state index contributed by atoms with van der Waals surface area (Å²) >= 11 is 0. The predicted molar refractivity (Wildman–Crippen MR) is 41.2 cm³/mol. The fraction of sp³-hybridized carbons (Fsp3) is 0.833. The fourth-order valence-corrected chi connectivity index (χ4v) is 2.27. The van der Waals surface area contributed by atoms with Crippen LogP contribution in [0.2, 0.25) is 0 Å². The molecule has 0 aliphatic carbocycles. The van der Waals surface area contributed by atoms with E-state index in [2.05, 4.69) is 0 Å². The second-order valence-electron chi connectivity index (χ2n) is 2.78. The Labute approximate surface area is 74.4 Å². The Bertz CT molecular complexity index is 287. The van der Waals surface area contributed by atoms with Gasteiger partial charge in [-0.15, -0.1) is 0 Å². The second-order valence-corrected chi connectivity index (χ2v) is 5.08. The predicted octanol–water partition coefficient (Wildman–Crippen LogP) is -0.492. The normalized spacial score (nSPS) is 21.9. The second kappa shape index (κ2) is 3.57. The van der Waals surface area contributed by atoms with Crippen LogP contribution in [0.1, 0.15) is 0 Å². The summed E-state index contributed by atoms with van der Waals surface area (Å²) < 4.78 is 45.5. The Hall–Kier alpha value is -0.720. The summed E-state index contributed by atoms with van der Waals surface area (Å²) in [5.41, 5.74) is 0. The molecular weight excluding hydrogens is 204 g/mol. The lowest BCUT2D eigenvalue weighted by atomic mass is 10.4. The molecule has 0 radical (unpaired) electrons. The van der Waals surface area contributed by atoms with Gasteiger partial charge in [0, 0.05) is 13.1 Å². The lowest BCUT2D eigenvalue weighted by Gasteiger charge is -2.26. The summed E-state index contributed by atoms with van der Waals surface area (Å²) in [6, 6.07) is 0. The van der Waals surface area contributed by atoms with Gasteiger partial charge in [-0.3, -0.25) is 4.79 Å². The molecule has 1 amide bonds. The smallest absolute Gasteiger partial charge is 0.315 e. The maximum atomic E-state index is 11.9. The number of nitrogens with zero attached hydrogens (tertiary/aromatic N) is 1. The number of halogens is 2. The van der Waals surface area contributed by atoms with E-state index in [4.69, 9.17) is 0 Å². The van der Waals surface area contributed by atoms with Crippen molar-refractivity contribution in [2.24, 2.45) is 0 Å². The number of hydrogen-bond donors (Lipinski definition) is 0. The van der Waals surface area contributed by atoms with Gasteiger partial charge in [0.05, 0.1) is 11.5 Å². The minimum atomic E-state index is -3.11. The van der Waals surface area contributed by atoms with Gasteiger partial charge in [-0.1, -0.05) is 0 Å². The van der Waals surface area contributed by atoms with Gasteiger partial charge in [0.15, 0.2) is 9.84 Å². The zero-order chi connectivity index (χ0) is 10.1. The topological polar surface area (TPSA) is 54.5 Å². The molecule has 1 heterocycles. The van der Waals surface area contributed by atoms with E-state index in [0.29, 0.717) is 0 Å². The number of hydrogen-bond acceptors (Lipinski definition) is 3. The Morgan fingerprint density at radius 3 is 2.08 bits per heavy atom. The first-order chi connectivity index (χ1) is 5.92. The molecule has 1 rings (SSSR count). The van der Waals surface area contributed by atoms with Crippen molar-refractivity contribution in [1.29, 1.82) is 0 Å². The average Bonchev–Trinajstić information content (AvgIpc) is 2.03. The van der Waals surface area contributed by atoms with Crippen LogP contribution in [0.15, 0.2) is 0 Å². The van der Waals surface area contributed by atoms with Crippen molar-refractivity contribution in [1.82, 2.24) is 4.90 Å².